The molecule has 1 N–H and O–H groups in total. The van der Waals surface area contributed by atoms with E-state index in [0.29, 0.717) is 11.5 Å². The first kappa shape index (κ1) is 14.4. The van der Waals surface area contributed by atoms with Gasteiger partial charge in [0.15, 0.2) is 0 Å². The minimum Gasteiger partial charge on any atom is -0.339 e. The molecular weight excluding hydrogens is 308 g/mol. The number of halogens is 2. The van der Waals surface area contributed by atoms with Gasteiger partial charge in [0.25, 0.3) is 0 Å². The number of rotatable bonds is 3. The Morgan fingerprint density at radius 2 is 1.50 bits per heavy atom. The first-order chi connectivity index (χ1) is 11.7. The summed E-state index contributed by atoms with van der Waals surface area (Å²) < 4.78 is 30.3. The Balaban J connectivity index is 1.97. The van der Waals surface area contributed by atoms with E-state index in [1.165, 1.54) is 18.2 Å². The largest absolute Gasteiger partial charge is 0.339 e. The van der Waals surface area contributed by atoms with E-state index < -0.39 is 11.6 Å². The molecule has 5 heteroatoms. The lowest BCUT2D eigenvalue weighted by atomic mass is 10.1. The van der Waals surface area contributed by atoms with Crippen molar-refractivity contribution >= 4 is 17.2 Å². The number of hydrogen-bond acceptors (Lipinski definition) is 2. The number of hydrogen-bond donors (Lipinski definition) is 1. The van der Waals surface area contributed by atoms with E-state index in [0.717, 1.165) is 5.69 Å². The van der Waals surface area contributed by atoms with Crippen molar-refractivity contribution in [3.8, 4) is 11.3 Å². The average Bonchev–Trinajstić information content (AvgIpc) is 2.94. The number of para-hydroxylation sites is 1. The van der Waals surface area contributed by atoms with Crippen LogP contribution in [0.15, 0.2) is 72.9 Å². The summed E-state index contributed by atoms with van der Waals surface area (Å²) in [5.74, 6) is -0.773. The van der Waals surface area contributed by atoms with Crippen LogP contribution in [0.3, 0.4) is 0 Å². The molecular formula is C19H13F2N3. The van der Waals surface area contributed by atoms with Crippen LogP contribution in [-0.4, -0.2) is 9.38 Å². The van der Waals surface area contributed by atoms with Crippen molar-refractivity contribution in [2.24, 2.45) is 0 Å². The van der Waals surface area contributed by atoms with Gasteiger partial charge in [0.1, 0.15) is 28.8 Å². The van der Waals surface area contributed by atoms with Crippen molar-refractivity contribution in [3.05, 3.63) is 84.6 Å². The lowest BCUT2D eigenvalue weighted by molar-refractivity contribution is 0.589. The molecule has 0 saturated carbocycles. The molecule has 4 aromatic rings. The van der Waals surface area contributed by atoms with Crippen LogP contribution in [0.2, 0.25) is 0 Å². The van der Waals surface area contributed by atoms with Crippen LogP contribution in [0.25, 0.3) is 16.9 Å². The number of imidazole rings is 1. The average molecular weight is 321 g/mol. The highest BCUT2D eigenvalue weighted by Gasteiger charge is 2.20. The monoisotopic (exact) mass is 321 g/mol. The summed E-state index contributed by atoms with van der Waals surface area (Å²) in [6, 6.07) is 18.7. The van der Waals surface area contributed by atoms with Crippen LogP contribution >= 0.6 is 0 Å². The SMILES string of the molecule is Fc1cccc(F)c1-c1nc2ccccn2c1Nc1ccccc1. The second kappa shape index (κ2) is 5.77. The molecule has 0 amide bonds. The van der Waals surface area contributed by atoms with Crippen LogP contribution in [0.4, 0.5) is 20.3 Å². The molecule has 118 valence electrons. The highest BCUT2D eigenvalue weighted by Crippen LogP contribution is 2.34. The molecule has 0 bridgehead atoms. The van der Waals surface area contributed by atoms with Crippen molar-refractivity contribution in [2.75, 3.05) is 5.32 Å². The molecule has 24 heavy (non-hydrogen) atoms. The Kier molecular flexibility index (Phi) is 3.46. The fraction of sp³-hybridized carbons (Fsp3) is 0. The fourth-order valence-corrected chi connectivity index (χ4v) is 2.67. The predicted molar refractivity (Wildman–Crippen MR) is 90.3 cm³/mol. The van der Waals surface area contributed by atoms with Crippen molar-refractivity contribution in [1.29, 1.82) is 0 Å². The smallest absolute Gasteiger partial charge is 0.143 e. The third kappa shape index (κ3) is 2.40. The second-order valence-corrected chi connectivity index (χ2v) is 5.33. The van der Waals surface area contributed by atoms with Crippen molar-refractivity contribution < 1.29 is 8.78 Å². The lowest BCUT2D eigenvalue weighted by Gasteiger charge is -2.09. The van der Waals surface area contributed by atoms with Gasteiger partial charge in [-0.25, -0.2) is 13.8 Å². The van der Waals surface area contributed by atoms with Gasteiger partial charge < -0.3 is 5.32 Å². The molecule has 0 atom stereocenters. The van der Waals surface area contributed by atoms with Crippen LogP contribution < -0.4 is 5.32 Å². The van der Waals surface area contributed by atoms with E-state index in [4.69, 9.17) is 0 Å². The summed E-state index contributed by atoms with van der Waals surface area (Å²) >= 11 is 0. The Bertz CT molecular complexity index is 989. The maximum absolute atomic E-state index is 14.3. The van der Waals surface area contributed by atoms with Crippen molar-refractivity contribution in [2.45, 2.75) is 0 Å². The normalized spacial score (nSPS) is 10.9. The van der Waals surface area contributed by atoms with Gasteiger partial charge >= 0.3 is 0 Å². The van der Waals surface area contributed by atoms with Crippen molar-refractivity contribution in [1.82, 2.24) is 9.38 Å². The number of nitrogens with one attached hydrogen (secondary N) is 1. The maximum atomic E-state index is 14.3. The van der Waals surface area contributed by atoms with Gasteiger partial charge in [0, 0.05) is 11.9 Å². The zero-order chi connectivity index (χ0) is 16.5. The second-order valence-electron chi connectivity index (χ2n) is 5.33. The molecule has 0 unspecified atom stereocenters. The first-order valence-electron chi connectivity index (χ1n) is 7.47. The zero-order valence-electron chi connectivity index (χ0n) is 12.6. The topological polar surface area (TPSA) is 29.3 Å². The Morgan fingerprint density at radius 3 is 2.25 bits per heavy atom. The van der Waals surface area contributed by atoms with E-state index in [-0.39, 0.29) is 11.3 Å². The third-order valence-corrected chi connectivity index (χ3v) is 3.77. The van der Waals surface area contributed by atoms with Crippen LogP contribution in [0.1, 0.15) is 0 Å². The van der Waals surface area contributed by atoms with Crippen molar-refractivity contribution in [3.63, 3.8) is 0 Å². The van der Waals surface area contributed by atoms with E-state index >= 15 is 0 Å². The molecule has 2 aromatic heterocycles. The van der Waals surface area contributed by atoms with Gasteiger partial charge in [0.2, 0.25) is 0 Å². The number of benzene rings is 2. The summed E-state index contributed by atoms with van der Waals surface area (Å²) in [6.07, 6.45) is 1.80. The summed E-state index contributed by atoms with van der Waals surface area (Å²) in [6.45, 7) is 0. The summed E-state index contributed by atoms with van der Waals surface area (Å²) in [5.41, 5.74) is 1.51. The molecule has 0 saturated heterocycles. The van der Waals surface area contributed by atoms with Crippen LogP contribution in [0, 0.1) is 11.6 Å². The van der Waals surface area contributed by atoms with Gasteiger partial charge in [-0.2, -0.15) is 0 Å². The molecule has 0 aliphatic heterocycles. The van der Waals surface area contributed by atoms with Crippen LogP contribution in [0.5, 0.6) is 0 Å². The number of aromatic nitrogens is 2. The molecule has 0 radical (unpaired) electrons. The van der Waals surface area contributed by atoms with Gasteiger partial charge in [-0.15, -0.1) is 0 Å². The summed E-state index contributed by atoms with van der Waals surface area (Å²) in [5, 5.41) is 3.22. The standard InChI is InChI=1S/C19H13F2N3/c20-14-9-6-10-15(21)17(14)18-19(22-13-7-2-1-3-8-13)24-12-5-4-11-16(24)23-18/h1-12,22H. The number of fused-ring (bicyclic) bond motifs is 1. The Labute approximate surface area is 137 Å². The van der Waals surface area contributed by atoms with E-state index in [2.05, 4.69) is 10.3 Å². The van der Waals surface area contributed by atoms with Gasteiger partial charge in [-0.3, -0.25) is 4.40 Å². The molecule has 0 aliphatic carbocycles. The zero-order valence-corrected chi connectivity index (χ0v) is 12.6. The minimum atomic E-state index is -0.644. The molecule has 0 aliphatic rings. The number of anilines is 2. The maximum Gasteiger partial charge on any atom is 0.143 e. The molecule has 0 spiro atoms. The number of nitrogens with zero attached hydrogens (tertiary/aromatic N) is 2. The lowest BCUT2D eigenvalue weighted by Crippen LogP contribution is -1.98. The predicted octanol–water partition coefficient (Wildman–Crippen LogP) is 5.02. The Morgan fingerprint density at radius 1 is 0.792 bits per heavy atom. The highest BCUT2D eigenvalue weighted by atomic mass is 19.1. The summed E-state index contributed by atoms with van der Waals surface area (Å²) in [4.78, 5) is 4.42. The minimum absolute atomic E-state index is 0.139. The molecule has 2 aromatic carbocycles. The molecule has 3 nitrogen and oxygen atoms in total. The Hall–Kier alpha value is -3.21. The quantitative estimate of drug-likeness (QED) is 0.574. The fourth-order valence-electron chi connectivity index (χ4n) is 2.67. The molecule has 0 fully saturated rings. The van der Waals surface area contributed by atoms with E-state index in [1.54, 1.807) is 16.7 Å². The molecule has 2 heterocycles. The van der Waals surface area contributed by atoms with E-state index in [1.807, 2.05) is 42.5 Å². The highest BCUT2D eigenvalue weighted by molar-refractivity contribution is 5.80. The molecule has 4 rings (SSSR count). The number of pyridine rings is 1. The van der Waals surface area contributed by atoms with Crippen LogP contribution in [-0.2, 0) is 0 Å². The third-order valence-electron chi connectivity index (χ3n) is 3.77. The van der Waals surface area contributed by atoms with Gasteiger partial charge in [-0.1, -0.05) is 30.3 Å². The first-order valence-corrected chi connectivity index (χ1v) is 7.47. The van der Waals surface area contributed by atoms with Gasteiger partial charge in [0.05, 0.1) is 5.56 Å². The van der Waals surface area contributed by atoms with Gasteiger partial charge in [-0.05, 0) is 36.4 Å². The summed E-state index contributed by atoms with van der Waals surface area (Å²) in [7, 11) is 0. The van der Waals surface area contributed by atoms with E-state index in [9.17, 15) is 8.78 Å².